The summed E-state index contributed by atoms with van der Waals surface area (Å²) in [7, 11) is -1.13. The number of hydrogen-bond acceptors (Lipinski definition) is 8. The summed E-state index contributed by atoms with van der Waals surface area (Å²) in [5.74, 6) is -0.852. The van der Waals surface area contributed by atoms with Crippen LogP contribution in [0.25, 0.3) is 0 Å². The zero-order valence-corrected chi connectivity index (χ0v) is 15.5. The van der Waals surface area contributed by atoms with Crippen LogP contribution in [0.1, 0.15) is 29.3 Å². The molecule has 0 fully saturated rings. The second-order valence-corrected chi connectivity index (χ2v) is 7.37. The highest BCUT2D eigenvalue weighted by atomic mass is 32.1. The number of thiazole rings is 1. The van der Waals surface area contributed by atoms with Crippen molar-refractivity contribution < 1.29 is 24.4 Å². The number of aromatic nitrogens is 1. The van der Waals surface area contributed by atoms with Crippen molar-refractivity contribution in [1.82, 2.24) is 10.3 Å². The van der Waals surface area contributed by atoms with Gasteiger partial charge in [0.25, 0.3) is 0 Å². The number of aliphatic hydroxyl groups excluding tert-OH is 1. The molecule has 8 nitrogen and oxygen atoms in total. The number of carbonyl (C=O) groups is 2. The van der Waals surface area contributed by atoms with E-state index in [2.05, 4.69) is 10.3 Å². The molecule has 1 aliphatic rings. The van der Waals surface area contributed by atoms with Crippen LogP contribution < -0.4 is 15.7 Å². The van der Waals surface area contributed by atoms with Crippen molar-refractivity contribution in [2.24, 2.45) is 0 Å². The predicted octanol–water partition coefficient (Wildman–Crippen LogP) is 0.628. The van der Waals surface area contributed by atoms with Crippen LogP contribution in [0.4, 0.5) is 5.13 Å². The number of ketones is 1. The normalized spacial score (nSPS) is 17.0. The smallest absolute Gasteiger partial charge is 0.526 e. The van der Waals surface area contributed by atoms with Gasteiger partial charge in [0.15, 0.2) is 10.9 Å². The number of Topliss-reactive ketones (excluding diaryl/α,β-unsaturated/α-hetero) is 1. The quantitative estimate of drug-likeness (QED) is 0.532. The molecule has 2 heterocycles. The molecule has 0 saturated heterocycles. The molecule has 1 aromatic carbocycles. The van der Waals surface area contributed by atoms with Crippen molar-refractivity contribution in [3.05, 3.63) is 40.4 Å². The van der Waals surface area contributed by atoms with E-state index in [0.717, 1.165) is 22.5 Å². The molecule has 3 rings (SSSR count). The number of nitrogens with two attached hydrogens (primary N) is 1. The molecule has 5 N–H and O–H groups in total. The van der Waals surface area contributed by atoms with Crippen LogP contribution in [0, 0.1) is 6.92 Å². The van der Waals surface area contributed by atoms with Gasteiger partial charge < -0.3 is 25.8 Å². The molecule has 0 saturated carbocycles. The Morgan fingerprint density at radius 1 is 1.52 bits per heavy atom. The maximum absolute atomic E-state index is 12.9. The minimum atomic E-state index is -1.13. The maximum Gasteiger partial charge on any atom is 0.526 e. The van der Waals surface area contributed by atoms with Gasteiger partial charge in [-0.1, -0.05) is 18.2 Å². The van der Waals surface area contributed by atoms with E-state index in [9.17, 15) is 14.6 Å². The Hall–Kier alpha value is -2.43. The summed E-state index contributed by atoms with van der Waals surface area (Å²) >= 11 is 1.15. The van der Waals surface area contributed by atoms with Crippen molar-refractivity contribution in [2.45, 2.75) is 31.6 Å². The molecule has 1 unspecified atom stereocenters. The molecule has 1 aromatic heterocycles. The number of aryl methyl sites for hydroxylation is 1. The number of para-hydroxylation sites is 1. The molecule has 27 heavy (non-hydrogen) atoms. The van der Waals surface area contributed by atoms with E-state index >= 15 is 0 Å². The number of hydrogen-bond donors (Lipinski definition) is 4. The van der Waals surface area contributed by atoms with Gasteiger partial charge in [-0.2, -0.15) is 0 Å². The third-order valence-corrected chi connectivity index (χ3v) is 5.18. The van der Waals surface area contributed by atoms with Gasteiger partial charge in [-0.15, -0.1) is 11.3 Å². The molecule has 0 spiro atoms. The molecule has 10 heteroatoms. The van der Waals surface area contributed by atoms with E-state index < -0.39 is 31.5 Å². The summed E-state index contributed by atoms with van der Waals surface area (Å²) in [5.41, 5.74) is 7.78. The highest BCUT2D eigenvalue weighted by molar-refractivity contribution is 7.13. The number of benzene rings is 1. The van der Waals surface area contributed by atoms with Gasteiger partial charge in [0.2, 0.25) is 5.91 Å². The lowest BCUT2D eigenvalue weighted by Crippen LogP contribution is -2.39. The largest absolute Gasteiger partial charge is 0.536 e. The van der Waals surface area contributed by atoms with E-state index in [4.69, 9.17) is 15.5 Å². The van der Waals surface area contributed by atoms with Gasteiger partial charge >= 0.3 is 7.12 Å². The highest BCUT2D eigenvalue weighted by Crippen LogP contribution is 2.36. The fourth-order valence-electron chi connectivity index (χ4n) is 3.15. The van der Waals surface area contributed by atoms with Crippen LogP contribution in [-0.2, 0) is 16.0 Å². The molecular formula is C17H20BN3O5S. The first-order chi connectivity index (χ1) is 12.9. The number of rotatable bonds is 6. The number of nitrogens with one attached hydrogen (secondary N) is 1. The first-order valence-corrected chi connectivity index (χ1v) is 9.34. The number of carbonyl (C=O) groups excluding carboxylic acids is 2. The predicted molar refractivity (Wildman–Crippen MR) is 101 cm³/mol. The van der Waals surface area contributed by atoms with Crippen molar-refractivity contribution in [1.29, 1.82) is 0 Å². The van der Waals surface area contributed by atoms with Crippen LogP contribution in [0.2, 0.25) is 5.82 Å². The molecule has 1 amide bonds. The average Bonchev–Trinajstić information content (AvgIpc) is 3.07. The molecule has 2 atom stereocenters. The number of aliphatic hydroxyl groups is 1. The summed E-state index contributed by atoms with van der Waals surface area (Å²) in [6, 6.07) is 4.66. The van der Waals surface area contributed by atoms with Crippen molar-refractivity contribution >= 4 is 35.3 Å². The minimum absolute atomic E-state index is 0.0254. The summed E-state index contributed by atoms with van der Waals surface area (Å²) in [6.07, 6.45) is 0.451. The number of anilines is 1. The van der Waals surface area contributed by atoms with Crippen LogP contribution in [-0.4, -0.2) is 40.5 Å². The van der Waals surface area contributed by atoms with Gasteiger partial charge in [0.05, 0.1) is 5.69 Å². The summed E-state index contributed by atoms with van der Waals surface area (Å²) in [4.78, 5) is 28.5. The average molecular weight is 389 g/mol. The molecule has 142 valence electrons. The number of nitrogen functional groups attached to an aromatic ring is 1. The third kappa shape index (κ3) is 4.29. The Kier molecular flexibility index (Phi) is 5.78. The highest BCUT2D eigenvalue weighted by Gasteiger charge is 2.38. The third-order valence-electron chi connectivity index (χ3n) is 4.49. The van der Waals surface area contributed by atoms with Crippen LogP contribution in [0.15, 0.2) is 23.6 Å². The molecule has 2 aromatic rings. The lowest BCUT2D eigenvalue weighted by atomic mass is 9.64. The fourth-order valence-corrected chi connectivity index (χ4v) is 3.74. The second kappa shape index (κ2) is 8.07. The van der Waals surface area contributed by atoms with Gasteiger partial charge in [-0.25, -0.2) is 4.98 Å². The Labute approximate surface area is 160 Å². The Morgan fingerprint density at radius 2 is 2.30 bits per heavy atom. The van der Waals surface area contributed by atoms with Gasteiger partial charge in [-0.05, 0) is 24.5 Å². The zero-order valence-electron chi connectivity index (χ0n) is 14.7. The van der Waals surface area contributed by atoms with Crippen molar-refractivity contribution in [3.8, 4) is 5.75 Å². The van der Waals surface area contributed by atoms with E-state index in [1.165, 1.54) is 0 Å². The number of fused-ring (bicyclic) bond motifs is 1. The molecule has 1 aliphatic heterocycles. The Bertz CT molecular complexity index is 859. The standard InChI is InChI=1S/C17H20BN3O5S/c1-9-3-2-4-10-5-11(18(25)26-16(9)10)6-13(23)15(21-14(24)7-22)12-8-27-17(19)20-12/h2-4,8,11,15,22,25H,5-7H2,1H3,(H2,19,20)(H,21,24)/t11-,15?/m1/s1. The summed E-state index contributed by atoms with van der Waals surface area (Å²) < 4.78 is 5.61. The first-order valence-electron chi connectivity index (χ1n) is 8.46. The first kappa shape index (κ1) is 19.3. The van der Waals surface area contributed by atoms with Gasteiger partial charge in [0, 0.05) is 17.6 Å². The zero-order chi connectivity index (χ0) is 19.6. The van der Waals surface area contributed by atoms with Crippen LogP contribution in [0.5, 0.6) is 5.75 Å². The lowest BCUT2D eigenvalue weighted by Gasteiger charge is -2.29. The lowest BCUT2D eigenvalue weighted by molar-refractivity contribution is -0.129. The van der Waals surface area contributed by atoms with E-state index in [0.29, 0.717) is 17.9 Å². The van der Waals surface area contributed by atoms with E-state index in [1.54, 1.807) is 5.38 Å². The van der Waals surface area contributed by atoms with Gasteiger partial charge in [-0.3, -0.25) is 9.59 Å². The summed E-state index contributed by atoms with van der Waals surface area (Å²) in [6.45, 7) is 1.15. The fraction of sp³-hybridized carbons (Fsp3) is 0.353. The van der Waals surface area contributed by atoms with Crippen molar-refractivity contribution in [3.63, 3.8) is 0 Å². The maximum atomic E-state index is 12.9. The van der Waals surface area contributed by atoms with Crippen LogP contribution in [0.3, 0.4) is 0 Å². The Balaban J connectivity index is 1.78. The van der Waals surface area contributed by atoms with E-state index in [1.807, 2.05) is 25.1 Å². The minimum Gasteiger partial charge on any atom is -0.536 e. The monoisotopic (exact) mass is 389 g/mol. The molecule has 0 aliphatic carbocycles. The molecule has 0 radical (unpaired) electrons. The van der Waals surface area contributed by atoms with Crippen molar-refractivity contribution in [2.75, 3.05) is 12.3 Å². The SMILES string of the molecule is Cc1cccc2c1OB(O)[C@@H](CC(=O)C(NC(=O)CO)c1csc(N)n1)C2. The molecule has 0 bridgehead atoms. The number of nitrogens with zero attached hydrogens (tertiary/aromatic N) is 1. The Morgan fingerprint density at radius 3 is 2.96 bits per heavy atom. The molecular weight excluding hydrogens is 369 g/mol. The second-order valence-electron chi connectivity index (χ2n) is 6.48. The summed E-state index contributed by atoms with van der Waals surface area (Å²) in [5, 5.41) is 23.6. The number of amides is 1. The van der Waals surface area contributed by atoms with E-state index in [-0.39, 0.29) is 17.3 Å². The topological polar surface area (TPSA) is 135 Å². The van der Waals surface area contributed by atoms with Crippen LogP contribution >= 0.6 is 11.3 Å². The van der Waals surface area contributed by atoms with Gasteiger partial charge in [0.1, 0.15) is 18.4 Å².